The summed E-state index contributed by atoms with van der Waals surface area (Å²) in [7, 11) is 1.72. The summed E-state index contributed by atoms with van der Waals surface area (Å²) in [6, 6.07) is 4.12. The van der Waals surface area contributed by atoms with Crippen molar-refractivity contribution in [2.24, 2.45) is 0 Å². The molecule has 2 aromatic rings. The first kappa shape index (κ1) is 14.5. The minimum Gasteiger partial charge on any atom is -0.385 e. The van der Waals surface area contributed by atoms with Gasteiger partial charge in [-0.1, -0.05) is 13.0 Å². The summed E-state index contributed by atoms with van der Waals surface area (Å²) in [5.74, 6) is 0.883. The van der Waals surface area contributed by atoms with Gasteiger partial charge >= 0.3 is 0 Å². The van der Waals surface area contributed by atoms with Crippen LogP contribution in [-0.4, -0.2) is 34.8 Å². The number of ether oxygens (including phenoxy) is 1. The third-order valence-electron chi connectivity index (χ3n) is 3.21. The van der Waals surface area contributed by atoms with Crippen molar-refractivity contribution in [2.75, 3.05) is 25.6 Å². The quantitative estimate of drug-likeness (QED) is 0.751. The maximum atomic E-state index is 5.04. The van der Waals surface area contributed by atoms with Gasteiger partial charge in [-0.2, -0.15) is 0 Å². The van der Waals surface area contributed by atoms with Crippen LogP contribution in [0, 0.1) is 0 Å². The molecule has 5 nitrogen and oxygen atoms in total. The lowest BCUT2D eigenvalue weighted by Crippen LogP contribution is -2.12. The molecule has 0 aliphatic rings. The van der Waals surface area contributed by atoms with Gasteiger partial charge in [-0.3, -0.25) is 4.98 Å². The molecule has 0 amide bonds. The summed E-state index contributed by atoms with van der Waals surface area (Å²) < 4.78 is 7.13. The number of anilines is 1. The van der Waals surface area contributed by atoms with E-state index in [1.165, 1.54) is 5.56 Å². The smallest absolute Gasteiger partial charge is 0.203 e. The molecule has 0 aromatic carbocycles. The van der Waals surface area contributed by atoms with Gasteiger partial charge in [0.15, 0.2) is 0 Å². The molecule has 2 heterocycles. The van der Waals surface area contributed by atoms with Crippen molar-refractivity contribution < 1.29 is 4.74 Å². The van der Waals surface area contributed by atoms with Gasteiger partial charge in [-0.25, -0.2) is 4.98 Å². The third kappa shape index (κ3) is 3.81. The van der Waals surface area contributed by atoms with Crippen LogP contribution in [-0.2, 0) is 17.7 Å². The minimum atomic E-state index is 0.747. The lowest BCUT2D eigenvalue weighted by atomic mass is 10.1. The Morgan fingerprint density at radius 1 is 1.30 bits per heavy atom. The van der Waals surface area contributed by atoms with Gasteiger partial charge in [-0.15, -0.1) is 0 Å². The standard InChI is InChI=1S/C15H22N4O/c1-3-13-6-4-7-16-14(13)12-19-10-9-18-15(19)17-8-5-11-20-2/h4,6-7,9-10H,3,5,8,11-12H2,1-2H3,(H,17,18). The highest BCUT2D eigenvalue weighted by Gasteiger charge is 2.06. The molecule has 20 heavy (non-hydrogen) atoms. The number of imidazole rings is 1. The molecular weight excluding hydrogens is 252 g/mol. The maximum Gasteiger partial charge on any atom is 0.203 e. The number of rotatable bonds is 8. The van der Waals surface area contributed by atoms with E-state index in [0.29, 0.717) is 0 Å². The van der Waals surface area contributed by atoms with Crippen molar-refractivity contribution in [3.05, 3.63) is 42.0 Å². The van der Waals surface area contributed by atoms with E-state index in [9.17, 15) is 0 Å². The molecule has 5 heteroatoms. The number of pyridine rings is 1. The van der Waals surface area contributed by atoms with E-state index in [4.69, 9.17) is 4.74 Å². The number of methoxy groups -OCH3 is 1. The van der Waals surface area contributed by atoms with Crippen LogP contribution in [0.4, 0.5) is 5.95 Å². The Kier molecular flexibility index (Phi) is 5.55. The Morgan fingerprint density at radius 2 is 2.20 bits per heavy atom. The summed E-state index contributed by atoms with van der Waals surface area (Å²) in [5, 5.41) is 3.33. The highest BCUT2D eigenvalue weighted by molar-refractivity contribution is 5.28. The summed E-state index contributed by atoms with van der Waals surface area (Å²) in [6.07, 6.45) is 7.60. The van der Waals surface area contributed by atoms with Crippen molar-refractivity contribution in [1.29, 1.82) is 0 Å². The van der Waals surface area contributed by atoms with Crippen LogP contribution in [0.15, 0.2) is 30.7 Å². The molecule has 0 aliphatic carbocycles. The zero-order valence-electron chi connectivity index (χ0n) is 12.2. The van der Waals surface area contributed by atoms with Crippen LogP contribution in [0.3, 0.4) is 0 Å². The normalized spacial score (nSPS) is 10.7. The fourth-order valence-electron chi connectivity index (χ4n) is 2.12. The zero-order chi connectivity index (χ0) is 14.2. The highest BCUT2D eigenvalue weighted by Crippen LogP contribution is 2.12. The largest absolute Gasteiger partial charge is 0.385 e. The maximum absolute atomic E-state index is 5.04. The molecule has 0 saturated carbocycles. The van der Waals surface area contributed by atoms with Crippen LogP contribution in [0.2, 0.25) is 0 Å². The molecule has 2 aromatic heterocycles. The van der Waals surface area contributed by atoms with E-state index >= 15 is 0 Å². The number of nitrogens with zero attached hydrogens (tertiary/aromatic N) is 3. The fourth-order valence-corrected chi connectivity index (χ4v) is 2.12. The number of hydrogen-bond acceptors (Lipinski definition) is 4. The van der Waals surface area contributed by atoms with Gasteiger partial charge in [-0.05, 0) is 24.5 Å². The number of hydrogen-bond donors (Lipinski definition) is 1. The van der Waals surface area contributed by atoms with E-state index in [1.807, 2.05) is 24.7 Å². The molecule has 0 aliphatic heterocycles. The Morgan fingerprint density at radius 3 is 3.00 bits per heavy atom. The van der Waals surface area contributed by atoms with Gasteiger partial charge in [0.25, 0.3) is 0 Å². The molecule has 2 rings (SSSR count). The topological polar surface area (TPSA) is 52.0 Å². The first-order chi connectivity index (χ1) is 9.85. The molecule has 0 spiro atoms. The van der Waals surface area contributed by atoms with E-state index in [-0.39, 0.29) is 0 Å². The van der Waals surface area contributed by atoms with Gasteiger partial charge < -0.3 is 14.6 Å². The molecule has 1 N–H and O–H groups in total. The molecule has 0 unspecified atom stereocenters. The first-order valence-corrected chi connectivity index (χ1v) is 7.02. The van der Waals surface area contributed by atoms with Crippen LogP contribution in [0.1, 0.15) is 24.6 Å². The molecule has 0 radical (unpaired) electrons. The average Bonchev–Trinajstić information content (AvgIpc) is 2.91. The Bertz CT molecular complexity index is 524. The first-order valence-electron chi connectivity index (χ1n) is 7.02. The van der Waals surface area contributed by atoms with Crippen LogP contribution in [0.5, 0.6) is 0 Å². The monoisotopic (exact) mass is 274 g/mol. The number of nitrogens with one attached hydrogen (secondary N) is 1. The second-order valence-electron chi connectivity index (χ2n) is 4.61. The lowest BCUT2D eigenvalue weighted by Gasteiger charge is -2.11. The van der Waals surface area contributed by atoms with Gasteiger partial charge in [0.1, 0.15) is 0 Å². The SMILES string of the molecule is CCc1cccnc1Cn1ccnc1NCCCOC. The van der Waals surface area contributed by atoms with Crippen molar-refractivity contribution in [3.63, 3.8) is 0 Å². The average molecular weight is 274 g/mol. The molecule has 108 valence electrons. The Labute approximate surface area is 120 Å². The van der Waals surface area contributed by atoms with Gasteiger partial charge in [0.05, 0.1) is 12.2 Å². The molecule has 0 saturated heterocycles. The molecule has 0 atom stereocenters. The van der Waals surface area contributed by atoms with Crippen molar-refractivity contribution >= 4 is 5.95 Å². The zero-order valence-corrected chi connectivity index (χ0v) is 12.2. The van der Waals surface area contributed by atoms with Crippen LogP contribution in [0.25, 0.3) is 0 Å². The summed E-state index contributed by atoms with van der Waals surface area (Å²) in [5.41, 5.74) is 2.39. The molecular formula is C15H22N4O. The predicted molar refractivity (Wildman–Crippen MR) is 79.9 cm³/mol. The van der Waals surface area contributed by atoms with E-state index < -0.39 is 0 Å². The third-order valence-corrected chi connectivity index (χ3v) is 3.21. The summed E-state index contributed by atoms with van der Waals surface area (Å²) >= 11 is 0. The van der Waals surface area contributed by atoms with Gasteiger partial charge in [0.2, 0.25) is 5.95 Å². The number of aryl methyl sites for hydroxylation is 1. The highest BCUT2D eigenvalue weighted by atomic mass is 16.5. The van der Waals surface area contributed by atoms with E-state index in [2.05, 4.69) is 32.8 Å². The summed E-state index contributed by atoms with van der Waals surface area (Å²) in [4.78, 5) is 8.83. The second-order valence-corrected chi connectivity index (χ2v) is 4.61. The van der Waals surface area contributed by atoms with Crippen molar-refractivity contribution in [2.45, 2.75) is 26.3 Å². The van der Waals surface area contributed by atoms with E-state index in [0.717, 1.165) is 44.2 Å². The lowest BCUT2D eigenvalue weighted by molar-refractivity contribution is 0.197. The second kappa shape index (κ2) is 7.65. The predicted octanol–water partition coefficient (Wildman–Crippen LogP) is 2.34. The minimum absolute atomic E-state index is 0.747. The van der Waals surface area contributed by atoms with Crippen molar-refractivity contribution in [3.8, 4) is 0 Å². The molecule has 0 bridgehead atoms. The van der Waals surface area contributed by atoms with Crippen LogP contribution < -0.4 is 5.32 Å². The summed E-state index contributed by atoms with van der Waals surface area (Å²) in [6.45, 7) is 4.51. The Hall–Kier alpha value is -1.88. The fraction of sp³-hybridized carbons (Fsp3) is 0.467. The van der Waals surface area contributed by atoms with Crippen molar-refractivity contribution in [1.82, 2.24) is 14.5 Å². The van der Waals surface area contributed by atoms with Crippen LogP contribution >= 0.6 is 0 Å². The number of aromatic nitrogens is 3. The molecule has 0 fully saturated rings. The Balaban J connectivity index is 2.01. The van der Waals surface area contributed by atoms with Gasteiger partial charge in [0, 0.05) is 38.9 Å². The van der Waals surface area contributed by atoms with E-state index in [1.54, 1.807) is 7.11 Å².